The van der Waals surface area contributed by atoms with Crippen LogP contribution in [0.15, 0.2) is 56.1 Å². The molecule has 6 nitrogen and oxygen atoms in total. The average molecular weight is 447 g/mol. The number of benzene rings is 2. The molecule has 7 heteroatoms. The Morgan fingerprint density at radius 1 is 1.04 bits per heavy atom. The number of halogens is 1. The Bertz CT molecular complexity index is 1060. The molecule has 0 atom stereocenters. The standard InChI is InChI=1S/C21H19BrO6/c1-25-17-7-3-13(9-19(17)26-2)4-8-20(23)27-12-14-10-21(24)28-18-11-15(22)5-6-16(14)18/h3,5-7,9-11H,4,8,12H2,1-2H3. The van der Waals surface area contributed by atoms with Crippen LogP contribution in [0.3, 0.4) is 0 Å². The fourth-order valence-corrected chi connectivity index (χ4v) is 3.18. The summed E-state index contributed by atoms with van der Waals surface area (Å²) in [4.78, 5) is 23.9. The van der Waals surface area contributed by atoms with Gasteiger partial charge in [0, 0.05) is 27.9 Å². The summed E-state index contributed by atoms with van der Waals surface area (Å²) in [6.07, 6.45) is 0.713. The van der Waals surface area contributed by atoms with Crippen LogP contribution in [0.4, 0.5) is 0 Å². The van der Waals surface area contributed by atoms with E-state index < -0.39 is 5.63 Å². The molecule has 0 radical (unpaired) electrons. The Morgan fingerprint density at radius 3 is 2.57 bits per heavy atom. The molecule has 28 heavy (non-hydrogen) atoms. The zero-order chi connectivity index (χ0) is 20.1. The SMILES string of the molecule is COc1ccc(CCC(=O)OCc2cc(=O)oc3cc(Br)ccc23)cc1OC. The van der Waals surface area contributed by atoms with E-state index in [1.165, 1.54) is 6.07 Å². The van der Waals surface area contributed by atoms with Gasteiger partial charge in [0.2, 0.25) is 0 Å². The summed E-state index contributed by atoms with van der Waals surface area (Å²) < 4.78 is 21.8. The fraction of sp³-hybridized carbons (Fsp3) is 0.238. The zero-order valence-electron chi connectivity index (χ0n) is 15.5. The highest BCUT2D eigenvalue weighted by Gasteiger charge is 2.11. The summed E-state index contributed by atoms with van der Waals surface area (Å²) >= 11 is 3.34. The molecule has 0 spiro atoms. The van der Waals surface area contributed by atoms with E-state index in [9.17, 15) is 9.59 Å². The minimum absolute atomic E-state index is 0.00843. The molecule has 0 bridgehead atoms. The smallest absolute Gasteiger partial charge is 0.336 e. The van der Waals surface area contributed by atoms with Crippen LogP contribution in [-0.4, -0.2) is 20.2 Å². The molecule has 0 aliphatic carbocycles. The molecule has 0 fully saturated rings. The van der Waals surface area contributed by atoms with E-state index in [2.05, 4.69) is 15.9 Å². The lowest BCUT2D eigenvalue weighted by molar-refractivity contribution is -0.144. The number of carbonyl (C=O) groups is 1. The van der Waals surface area contributed by atoms with Crippen LogP contribution in [0, 0.1) is 0 Å². The summed E-state index contributed by atoms with van der Waals surface area (Å²) in [6.45, 7) is 0.00843. The predicted molar refractivity (Wildman–Crippen MR) is 108 cm³/mol. The molecule has 3 aromatic rings. The summed E-state index contributed by atoms with van der Waals surface area (Å²) in [6, 6.07) is 12.2. The topological polar surface area (TPSA) is 75.0 Å². The minimum atomic E-state index is -0.484. The monoisotopic (exact) mass is 446 g/mol. The average Bonchev–Trinajstić information content (AvgIpc) is 2.69. The van der Waals surface area contributed by atoms with Gasteiger partial charge in [-0.3, -0.25) is 4.79 Å². The van der Waals surface area contributed by atoms with Crippen LogP contribution in [-0.2, 0) is 22.6 Å². The second kappa shape index (κ2) is 8.93. The molecule has 0 aliphatic heterocycles. The first-order chi connectivity index (χ1) is 13.5. The highest BCUT2D eigenvalue weighted by Crippen LogP contribution is 2.28. The van der Waals surface area contributed by atoms with E-state index >= 15 is 0 Å². The van der Waals surface area contributed by atoms with Crippen molar-refractivity contribution >= 4 is 32.9 Å². The Morgan fingerprint density at radius 2 is 1.82 bits per heavy atom. The van der Waals surface area contributed by atoms with Crippen LogP contribution in [0.1, 0.15) is 17.5 Å². The first-order valence-corrected chi connectivity index (χ1v) is 9.38. The van der Waals surface area contributed by atoms with E-state index in [1.54, 1.807) is 26.4 Å². The van der Waals surface area contributed by atoms with Gasteiger partial charge < -0.3 is 18.6 Å². The number of aryl methyl sites for hydroxylation is 1. The first-order valence-electron chi connectivity index (χ1n) is 8.59. The van der Waals surface area contributed by atoms with Crippen molar-refractivity contribution in [3.63, 3.8) is 0 Å². The second-order valence-electron chi connectivity index (χ2n) is 6.08. The molecule has 3 rings (SSSR count). The van der Waals surface area contributed by atoms with Gasteiger partial charge in [-0.1, -0.05) is 22.0 Å². The van der Waals surface area contributed by atoms with Crippen LogP contribution >= 0.6 is 15.9 Å². The van der Waals surface area contributed by atoms with E-state index in [4.69, 9.17) is 18.6 Å². The maximum atomic E-state index is 12.2. The summed E-state index contributed by atoms with van der Waals surface area (Å²) in [5.41, 5.74) is 1.50. The van der Waals surface area contributed by atoms with Crippen molar-refractivity contribution in [1.82, 2.24) is 0 Å². The number of rotatable bonds is 7. The van der Waals surface area contributed by atoms with Gasteiger partial charge in [0.05, 0.1) is 14.2 Å². The van der Waals surface area contributed by atoms with Crippen molar-refractivity contribution in [2.45, 2.75) is 19.4 Å². The lowest BCUT2D eigenvalue weighted by Crippen LogP contribution is -2.08. The fourth-order valence-electron chi connectivity index (χ4n) is 2.84. The van der Waals surface area contributed by atoms with Crippen LogP contribution < -0.4 is 15.1 Å². The van der Waals surface area contributed by atoms with Gasteiger partial charge >= 0.3 is 11.6 Å². The van der Waals surface area contributed by atoms with E-state index in [0.717, 1.165) is 15.4 Å². The third kappa shape index (κ3) is 4.72. The van der Waals surface area contributed by atoms with Crippen molar-refractivity contribution in [3.8, 4) is 11.5 Å². The molecule has 0 saturated carbocycles. The lowest BCUT2D eigenvalue weighted by atomic mass is 10.1. The molecule has 0 amide bonds. The molecule has 1 aromatic heterocycles. The Kier molecular flexibility index (Phi) is 6.36. The number of esters is 1. The van der Waals surface area contributed by atoms with Crippen LogP contribution in [0.5, 0.6) is 11.5 Å². The molecule has 0 saturated heterocycles. The van der Waals surface area contributed by atoms with Crippen molar-refractivity contribution in [2.75, 3.05) is 14.2 Å². The number of hydrogen-bond donors (Lipinski definition) is 0. The molecule has 2 aromatic carbocycles. The second-order valence-corrected chi connectivity index (χ2v) is 7.00. The van der Waals surface area contributed by atoms with E-state index in [1.807, 2.05) is 24.3 Å². The Balaban J connectivity index is 1.64. The lowest BCUT2D eigenvalue weighted by Gasteiger charge is -2.10. The number of carbonyl (C=O) groups excluding carboxylic acids is 1. The summed E-state index contributed by atoms with van der Waals surface area (Å²) in [7, 11) is 3.14. The van der Waals surface area contributed by atoms with Gasteiger partial charge in [0.1, 0.15) is 12.2 Å². The van der Waals surface area contributed by atoms with Crippen molar-refractivity contribution in [2.24, 2.45) is 0 Å². The Labute approximate surface area is 170 Å². The van der Waals surface area contributed by atoms with Gasteiger partial charge in [-0.2, -0.15) is 0 Å². The Hall–Kier alpha value is -2.80. The summed E-state index contributed by atoms with van der Waals surface area (Å²) in [5, 5.41) is 0.732. The number of hydrogen-bond acceptors (Lipinski definition) is 6. The predicted octanol–water partition coefficient (Wildman–Crippen LogP) is 4.25. The number of ether oxygens (including phenoxy) is 3. The van der Waals surface area contributed by atoms with Gasteiger partial charge in [0.15, 0.2) is 11.5 Å². The van der Waals surface area contributed by atoms with Gasteiger partial charge in [-0.25, -0.2) is 4.79 Å². The third-order valence-corrected chi connectivity index (χ3v) is 4.74. The highest BCUT2D eigenvalue weighted by atomic mass is 79.9. The van der Waals surface area contributed by atoms with Crippen LogP contribution in [0.25, 0.3) is 11.0 Å². The molecule has 0 unspecified atom stereocenters. The molecule has 146 valence electrons. The molecule has 0 N–H and O–H groups in total. The van der Waals surface area contributed by atoms with Gasteiger partial charge in [-0.15, -0.1) is 0 Å². The highest BCUT2D eigenvalue weighted by molar-refractivity contribution is 9.10. The number of fused-ring (bicyclic) bond motifs is 1. The van der Waals surface area contributed by atoms with Crippen molar-refractivity contribution in [1.29, 1.82) is 0 Å². The molecular weight excluding hydrogens is 428 g/mol. The third-order valence-electron chi connectivity index (χ3n) is 4.25. The largest absolute Gasteiger partial charge is 0.493 e. The zero-order valence-corrected chi connectivity index (χ0v) is 17.1. The molecular formula is C21H19BrO6. The summed E-state index contributed by atoms with van der Waals surface area (Å²) in [5.74, 6) is 0.894. The maximum absolute atomic E-state index is 12.2. The maximum Gasteiger partial charge on any atom is 0.336 e. The van der Waals surface area contributed by atoms with Gasteiger partial charge in [-0.05, 0) is 42.3 Å². The van der Waals surface area contributed by atoms with Gasteiger partial charge in [0.25, 0.3) is 0 Å². The number of methoxy groups -OCH3 is 2. The molecule has 0 aliphatic rings. The van der Waals surface area contributed by atoms with E-state index in [-0.39, 0.29) is 19.0 Å². The molecule has 1 heterocycles. The van der Waals surface area contributed by atoms with Crippen molar-refractivity contribution < 1.29 is 23.4 Å². The minimum Gasteiger partial charge on any atom is -0.493 e. The normalized spacial score (nSPS) is 10.7. The first kappa shape index (κ1) is 19.9. The van der Waals surface area contributed by atoms with Crippen LogP contribution in [0.2, 0.25) is 0 Å². The van der Waals surface area contributed by atoms with Crippen molar-refractivity contribution in [3.05, 3.63) is 68.5 Å². The quantitative estimate of drug-likeness (QED) is 0.398. The van der Waals surface area contributed by atoms with E-state index in [0.29, 0.717) is 29.1 Å².